The number of carbonyl (C=O) groups is 1. The van der Waals surface area contributed by atoms with Gasteiger partial charge >= 0.3 is 6.16 Å². The minimum absolute atomic E-state index is 0.556. The van der Waals surface area contributed by atoms with Crippen LogP contribution < -0.4 is 0 Å². The lowest BCUT2D eigenvalue weighted by molar-refractivity contribution is 0.0872. The maximum Gasteiger partial charge on any atom is 0.514 e. The quantitative estimate of drug-likeness (QED) is 0.545. The molecule has 1 aliphatic rings. The van der Waals surface area contributed by atoms with Crippen LogP contribution in [-0.2, 0) is 9.47 Å². The van der Waals surface area contributed by atoms with Gasteiger partial charge < -0.3 is 9.47 Å². The summed E-state index contributed by atoms with van der Waals surface area (Å²) in [6, 6.07) is 0. The van der Waals surface area contributed by atoms with E-state index in [1.807, 2.05) is 11.5 Å². The molecule has 1 heterocycles. The summed E-state index contributed by atoms with van der Waals surface area (Å²) in [5, 5.41) is 1.98. The highest BCUT2D eigenvalue weighted by Gasteiger charge is 2.38. The van der Waals surface area contributed by atoms with E-state index < -0.39 is 11.8 Å². The van der Waals surface area contributed by atoms with E-state index in [-0.39, 0.29) is 0 Å². The van der Waals surface area contributed by atoms with Crippen LogP contribution in [0.5, 0.6) is 0 Å². The Morgan fingerprint density at radius 2 is 2.20 bits per heavy atom. The second-order valence-electron chi connectivity index (χ2n) is 3.69. The lowest BCUT2D eigenvalue weighted by Crippen LogP contribution is -2.20. The molecule has 0 unspecified atom stereocenters. The molecule has 0 N–H and O–H groups in total. The summed E-state index contributed by atoms with van der Waals surface area (Å²) in [4.78, 5) is 10.9. The number of thioether (sulfide) groups is 1. The molecule has 0 aliphatic carbocycles. The molecule has 1 rings (SSSR count). The van der Waals surface area contributed by atoms with Gasteiger partial charge in [0, 0.05) is 0 Å². The number of allylic oxidation sites excluding steroid dienone is 2. The second kappa shape index (κ2) is 5.26. The predicted molar refractivity (Wildman–Crippen MR) is 61.6 cm³/mol. The summed E-state index contributed by atoms with van der Waals surface area (Å²) in [6.45, 7) is 5.74. The van der Waals surface area contributed by atoms with Crippen molar-refractivity contribution in [2.24, 2.45) is 0 Å². The molecule has 0 amide bonds. The van der Waals surface area contributed by atoms with Crippen LogP contribution in [0.4, 0.5) is 4.79 Å². The Morgan fingerprint density at radius 3 is 2.73 bits per heavy atom. The Morgan fingerprint density at radius 1 is 1.47 bits per heavy atom. The van der Waals surface area contributed by atoms with Crippen molar-refractivity contribution >= 4 is 17.9 Å². The van der Waals surface area contributed by atoms with Crippen LogP contribution in [0, 0.1) is 0 Å². The van der Waals surface area contributed by atoms with Crippen molar-refractivity contribution in [1.29, 1.82) is 0 Å². The molecular formula is C11H16O3S. The molecule has 0 saturated carbocycles. The summed E-state index contributed by atoms with van der Waals surface area (Å²) in [7, 11) is 0. The largest absolute Gasteiger partial charge is 0.514 e. The summed E-state index contributed by atoms with van der Waals surface area (Å²) in [6.07, 6.45) is 4.17. The number of cyclic esters (lactones) is 2. The minimum atomic E-state index is -0.642. The van der Waals surface area contributed by atoms with Crippen molar-refractivity contribution in [2.75, 3.05) is 5.75 Å². The van der Waals surface area contributed by atoms with E-state index in [0.29, 0.717) is 5.76 Å². The molecule has 3 nitrogen and oxygen atoms in total. The molecule has 1 saturated heterocycles. The number of hydrogen-bond donors (Lipinski definition) is 0. The highest BCUT2D eigenvalue weighted by molar-refractivity contribution is 8.02. The fourth-order valence-electron chi connectivity index (χ4n) is 1.09. The lowest BCUT2D eigenvalue weighted by atomic mass is 10.1. The van der Waals surface area contributed by atoms with E-state index in [0.717, 1.165) is 12.2 Å². The van der Waals surface area contributed by atoms with Gasteiger partial charge in [0.2, 0.25) is 0 Å². The topological polar surface area (TPSA) is 35.5 Å². The van der Waals surface area contributed by atoms with Crippen LogP contribution in [0.15, 0.2) is 23.3 Å². The standard InChI is InChI=1S/C11H16O3S/c1-4-7-15-8-5-6-9-11(2,3)14-10(12)13-9/h5-6,8H,4,7H2,1-3H3/b8-5+,9-6-. The van der Waals surface area contributed by atoms with Gasteiger partial charge in [-0.1, -0.05) is 13.0 Å². The maximum absolute atomic E-state index is 10.9. The lowest BCUT2D eigenvalue weighted by Gasteiger charge is -2.12. The summed E-state index contributed by atoms with van der Waals surface area (Å²) >= 11 is 1.73. The third kappa shape index (κ3) is 3.63. The zero-order chi connectivity index (χ0) is 11.3. The van der Waals surface area contributed by atoms with Gasteiger partial charge in [-0.2, -0.15) is 0 Å². The molecule has 15 heavy (non-hydrogen) atoms. The molecule has 1 aliphatic heterocycles. The van der Waals surface area contributed by atoms with E-state index >= 15 is 0 Å². The first-order chi connectivity index (χ1) is 7.06. The van der Waals surface area contributed by atoms with E-state index in [1.165, 1.54) is 0 Å². The molecule has 84 valence electrons. The zero-order valence-electron chi connectivity index (χ0n) is 9.28. The zero-order valence-corrected chi connectivity index (χ0v) is 10.1. The first kappa shape index (κ1) is 12.2. The van der Waals surface area contributed by atoms with E-state index in [9.17, 15) is 4.79 Å². The van der Waals surface area contributed by atoms with Gasteiger partial charge in [0.15, 0.2) is 11.4 Å². The molecule has 0 spiro atoms. The third-order valence-electron chi connectivity index (χ3n) is 1.87. The first-order valence-corrected chi connectivity index (χ1v) is 6.01. The Balaban J connectivity index is 2.52. The molecule has 0 atom stereocenters. The van der Waals surface area contributed by atoms with Gasteiger partial charge in [0.25, 0.3) is 0 Å². The normalized spacial score (nSPS) is 22.1. The first-order valence-electron chi connectivity index (χ1n) is 4.96. The monoisotopic (exact) mass is 228 g/mol. The van der Waals surface area contributed by atoms with Crippen molar-refractivity contribution < 1.29 is 14.3 Å². The Kier molecular flexibility index (Phi) is 4.27. The van der Waals surface area contributed by atoms with Gasteiger partial charge in [0.05, 0.1) is 0 Å². The van der Waals surface area contributed by atoms with Crippen molar-refractivity contribution in [1.82, 2.24) is 0 Å². The minimum Gasteiger partial charge on any atom is -0.420 e. The van der Waals surface area contributed by atoms with Crippen LogP contribution in [0.25, 0.3) is 0 Å². The van der Waals surface area contributed by atoms with E-state index in [1.54, 1.807) is 31.7 Å². The van der Waals surface area contributed by atoms with Crippen molar-refractivity contribution in [3.63, 3.8) is 0 Å². The van der Waals surface area contributed by atoms with Crippen LogP contribution in [-0.4, -0.2) is 17.5 Å². The summed E-state index contributed by atoms with van der Waals surface area (Å²) < 4.78 is 9.89. The maximum atomic E-state index is 10.9. The molecule has 4 heteroatoms. The Labute approximate surface area is 94.5 Å². The van der Waals surface area contributed by atoms with Crippen LogP contribution in [0.2, 0.25) is 0 Å². The number of hydrogen-bond acceptors (Lipinski definition) is 4. The molecular weight excluding hydrogens is 212 g/mol. The second-order valence-corrected chi connectivity index (χ2v) is 4.71. The predicted octanol–water partition coefficient (Wildman–Crippen LogP) is 3.47. The summed E-state index contributed by atoms with van der Waals surface area (Å²) in [5.41, 5.74) is -0.642. The number of carbonyl (C=O) groups excluding carboxylic acids is 1. The molecule has 1 fully saturated rings. The average Bonchev–Trinajstić information content (AvgIpc) is 2.39. The molecule has 0 aromatic rings. The van der Waals surface area contributed by atoms with Crippen LogP contribution in [0.1, 0.15) is 27.2 Å². The van der Waals surface area contributed by atoms with Crippen molar-refractivity contribution in [3.05, 3.63) is 23.3 Å². The van der Waals surface area contributed by atoms with Gasteiger partial charge in [-0.3, -0.25) is 0 Å². The van der Waals surface area contributed by atoms with Gasteiger partial charge in [-0.25, -0.2) is 4.79 Å². The average molecular weight is 228 g/mol. The third-order valence-corrected chi connectivity index (χ3v) is 2.86. The fourth-order valence-corrected chi connectivity index (χ4v) is 1.66. The van der Waals surface area contributed by atoms with Gasteiger partial charge in [-0.15, -0.1) is 11.8 Å². The number of ether oxygens (including phenoxy) is 2. The molecule has 0 bridgehead atoms. The highest BCUT2D eigenvalue weighted by Crippen LogP contribution is 2.29. The van der Waals surface area contributed by atoms with Crippen molar-refractivity contribution in [2.45, 2.75) is 32.8 Å². The molecule has 0 radical (unpaired) electrons. The van der Waals surface area contributed by atoms with Crippen LogP contribution in [0.3, 0.4) is 0 Å². The van der Waals surface area contributed by atoms with E-state index in [4.69, 9.17) is 9.47 Å². The Bertz CT molecular complexity index is 292. The SMILES string of the molecule is CCCS/C=C/C=C1\OC(=O)OC1(C)C. The smallest absolute Gasteiger partial charge is 0.420 e. The van der Waals surface area contributed by atoms with Gasteiger partial charge in [0.1, 0.15) is 0 Å². The molecule has 0 aromatic heterocycles. The van der Waals surface area contributed by atoms with E-state index in [2.05, 4.69) is 6.92 Å². The highest BCUT2D eigenvalue weighted by atomic mass is 32.2. The molecule has 0 aromatic carbocycles. The van der Waals surface area contributed by atoms with Crippen molar-refractivity contribution in [3.8, 4) is 0 Å². The fraction of sp³-hybridized carbons (Fsp3) is 0.545. The summed E-state index contributed by atoms with van der Waals surface area (Å²) in [5.74, 6) is 1.65. The Hall–Kier alpha value is -0.900. The van der Waals surface area contributed by atoms with Crippen LogP contribution >= 0.6 is 11.8 Å². The van der Waals surface area contributed by atoms with Gasteiger partial charge in [-0.05, 0) is 37.5 Å². The number of rotatable bonds is 4.